The number of ether oxygens (including phenoxy) is 1. The van der Waals surface area contributed by atoms with Crippen molar-refractivity contribution in [2.45, 2.75) is 12.1 Å². The molecule has 0 radical (unpaired) electrons. The van der Waals surface area contributed by atoms with Gasteiger partial charge in [0.2, 0.25) is 0 Å². The molecule has 0 aliphatic rings. The third kappa shape index (κ3) is 6.02. The summed E-state index contributed by atoms with van der Waals surface area (Å²) in [6.07, 6.45) is 0. The molecule has 0 saturated heterocycles. The van der Waals surface area contributed by atoms with Crippen LogP contribution < -0.4 is 11.5 Å². The number of rotatable bonds is 6. The number of carbonyl (C=O) groups excluding carboxylic acids is 2. The molecule has 0 heterocycles. The van der Waals surface area contributed by atoms with Crippen molar-refractivity contribution >= 4 is 35.9 Å². The molecular formula is C6H12N2O6S2. The van der Waals surface area contributed by atoms with Crippen molar-refractivity contribution in [2.24, 2.45) is 11.5 Å². The molecule has 0 spiro atoms. The Hall–Kier alpha value is -0.680. The predicted octanol–water partition coefficient (Wildman–Crippen LogP) is -2.21. The van der Waals surface area contributed by atoms with Crippen LogP contribution in [0.4, 0.5) is 0 Å². The molecule has 16 heavy (non-hydrogen) atoms. The van der Waals surface area contributed by atoms with Crippen LogP contribution in [0.1, 0.15) is 0 Å². The molecule has 10 heteroatoms. The fraction of sp³-hybridized carbons (Fsp3) is 0.667. The summed E-state index contributed by atoms with van der Waals surface area (Å²) in [5.41, 5.74) is 10.5. The molecule has 0 aromatic heterocycles. The number of nitrogens with two attached hydrogens (primary N) is 2. The highest BCUT2D eigenvalue weighted by Gasteiger charge is 2.21. The zero-order valence-electron chi connectivity index (χ0n) is 8.07. The first kappa shape index (κ1) is 15.3. The number of carbonyl (C=O) groups is 2. The second kappa shape index (κ2) is 7.57. The molecular weight excluding hydrogens is 260 g/mol. The lowest BCUT2D eigenvalue weighted by Gasteiger charge is -2.12. The van der Waals surface area contributed by atoms with Gasteiger partial charge in [0.15, 0.2) is 0 Å². The van der Waals surface area contributed by atoms with Gasteiger partial charge in [0, 0.05) is 5.75 Å². The van der Waals surface area contributed by atoms with Gasteiger partial charge in [0.05, 0.1) is 0 Å². The molecule has 0 aromatic rings. The summed E-state index contributed by atoms with van der Waals surface area (Å²) < 4.78 is 26.7. The van der Waals surface area contributed by atoms with Crippen molar-refractivity contribution < 1.29 is 27.3 Å². The number of thiol groups is 1. The van der Waals surface area contributed by atoms with Crippen LogP contribution in [-0.4, -0.2) is 45.1 Å². The van der Waals surface area contributed by atoms with Gasteiger partial charge in [0.25, 0.3) is 0 Å². The van der Waals surface area contributed by atoms with Gasteiger partial charge >= 0.3 is 23.3 Å². The summed E-state index contributed by atoms with van der Waals surface area (Å²) in [4.78, 5) is 21.9. The van der Waals surface area contributed by atoms with Crippen LogP contribution in [0.3, 0.4) is 0 Å². The van der Waals surface area contributed by atoms with Crippen LogP contribution in [0, 0.1) is 0 Å². The first-order valence-corrected chi connectivity index (χ1v) is 5.66. The molecule has 3 atom stereocenters. The topological polar surface area (TPSA) is 142 Å². The van der Waals surface area contributed by atoms with Crippen LogP contribution >= 0.6 is 12.6 Å². The number of esters is 1. The van der Waals surface area contributed by atoms with E-state index in [-0.39, 0.29) is 5.75 Å². The Kier molecular flexibility index (Phi) is 7.25. The van der Waals surface area contributed by atoms with E-state index in [1.807, 2.05) is 0 Å². The van der Waals surface area contributed by atoms with Crippen LogP contribution in [0.5, 0.6) is 0 Å². The Morgan fingerprint density at radius 1 is 1.31 bits per heavy atom. The minimum atomic E-state index is -2.75. The highest BCUT2D eigenvalue weighted by Crippen LogP contribution is 1.93. The smallest absolute Gasteiger partial charge is 0.360 e. The van der Waals surface area contributed by atoms with E-state index in [0.29, 0.717) is 0 Å². The van der Waals surface area contributed by atoms with E-state index in [9.17, 15) is 13.8 Å². The molecule has 0 aliphatic carbocycles. The molecule has 0 aromatic carbocycles. The normalized spacial score (nSPS) is 16.0. The van der Waals surface area contributed by atoms with Crippen molar-refractivity contribution in [1.82, 2.24) is 0 Å². The van der Waals surface area contributed by atoms with Crippen LogP contribution in [0.2, 0.25) is 0 Å². The molecule has 0 fully saturated rings. The summed E-state index contributed by atoms with van der Waals surface area (Å²) in [7, 11) is 0. The van der Waals surface area contributed by atoms with Gasteiger partial charge in [-0.05, 0) is 0 Å². The zero-order chi connectivity index (χ0) is 12.7. The lowest BCUT2D eigenvalue weighted by Crippen LogP contribution is -2.41. The van der Waals surface area contributed by atoms with E-state index in [1.165, 1.54) is 0 Å². The van der Waals surface area contributed by atoms with Gasteiger partial charge in [-0.2, -0.15) is 16.8 Å². The maximum absolute atomic E-state index is 11.0. The largest absolute Gasteiger partial charge is 0.462 e. The van der Waals surface area contributed by atoms with Gasteiger partial charge in [-0.1, -0.05) is 0 Å². The van der Waals surface area contributed by atoms with Crippen LogP contribution in [-0.2, 0) is 29.9 Å². The maximum atomic E-state index is 11.0. The van der Waals surface area contributed by atoms with Gasteiger partial charge in [0.1, 0.15) is 18.7 Å². The van der Waals surface area contributed by atoms with Gasteiger partial charge in [-0.15, -0.1) is 0 Å². The Balaban J connectivity index is 3.97. The highest BCUT2D eigenvalue weighted by atomic mass is 32.2. The molecule has 94 valence electrons. The lowest BCUT2D eigenvalue weighted by atomic mass is 10.3. The third-order valence-electron chi connectivity index (χ3n) is 1.36. The van der Waals surface area contributed by atoms with E-state index < -0.39 is 42.0 Å². The van der Waals surface area contributed by atoms with Crippen molar-refractivity contribution in [3.8, 4) is 0 Å². The zero-order valence-corrected chi connectivity index (χ0v) is 9.78. The average Bonchev–Trinajstić information content (AvgIpc) is 2.23. The Labute approximate surface area is 99.5 Å². The van der Waals surface area contributed by atoms with Crippen molar-refractivity contribution in [1.29, 1.82) is 0 Å². The minimum absolute atomic E-state index is 0.0825. The van der Waals surface area contributed by atoms with E-state index in [1.54, 1.807) is 0 Å². The van der Waals surface area contributed by atoms with Crippen LogP contribution in [0.25, 0.3) is 0 Å². The molecule has 0 saturated carbocycles. The molecule has 0 rings (SSSR count). The summed E-state index contributed by atoms with van der Waals surface area (Å²) in [5, 5.41) is 0. The summed E-state index contributed by atoms with van der Waals surface area (Å²) in [6.45, 7) is -0.490. The van der Waals surface area contributed by atoms with E-state index >= 15 is 0 Å². The third-order valence-corrected chi connectivity index (χ3v) is 2.06. The van der Waals surface area contributed by atoms with Gasteiger partial charge < -0.3 is 20.4 Å². The monoisotopic (exact) mass is 272 g/mol. The summed E-state index contributed by atoms with van der Waals surface area (Å²) >= 11 is 1.02. The molecule has 1 unspecified atom stereocenters. The molecule has 8 nitrogen and oxygen atoms in total. The van der Waals surface area contributed by atoms with E-state index in [4.69, 9.17) is 16.0 Å². The Bertz CT molecular complexity index is 286. The first-order chi connectivity index (χ1) is 7.38. The fourth-order valence-corrected chi connectivity index (χ4v) is 0.967. The standard InChI is InChI=1S/C6H12N2O6S2/c7-3(6(10)14-16(11)12)1-13-5(9)4(8)2-15/h3-4,15H,1-2,7-8H2,(H,11,12)/t3-,4-/m0/s1. The second-order valence-electron chi connectivity index (χ2n) is 2.65. The lowest BCUT2D eigenvalue weighted by molar-refractivity contribution is -0.147. The summed E-state index contributed by atoms with van der Waals surface area (Å²) in [6, 6.07) is -2.26. The van der Waals surface area contributed by atoms with Gasteiger partial charge in [-0.3, -0.25) is 9.35 Å². The highest BCUT2D eigenvalue weighted by molar-refractivity contribution is 7.80. The predicted molar refractivity (Wildman–Crippen MR) is 57.6 cm³/mol. The quantitative estimate of drug-likeness (QED) is 0.242. The molecule has 0 aliphatic heterocycles. The minimum Gasteiger partial charge on any atom is -0.462 e. The molecule has 0 bridgehead atoms. The Morgan fingerprint density at radius 2 is 1.88 bits per heavy atom. The molecule has 5 N–H and O–H groups in total. The average molecular weight is 272 g/mol. The van der Waals surface area contributed by atoms with E-state index in [2.05, 4.69) is 21.5 Å². The second-order valence-corrected chi connectivity index (χ2v) is 3.61. The Morgan fingerprint density at radius 3 is 2.31 bits per heavy atom. The van der Waals surface area contributed by atoms with Crippen molar-refractivity contribution in [2.75, 3.05) is 12.4 Å². The number of hydrogen-bond donors (Lipinski definition) is 4. The van der Waals surface area contributed by atoms with Gasteiger partial charge in [-0.25, -0.2) is 4.79 Å². The SMILES string of the molecule is N[C@@H](CS)C(=O)OC[C@H](N)C(=O)OS(=O)O. The first-order valence-electron chi connectivity index (χ1n) is 4.00. The van der Waals surface area contributed by atoms with Crippen molar-refractivity contribution in [3.05, 3.63) is 0 Å². The maximum Gasteiger partial charge on any atom is 0.360 e. The number of hydrogen-bond acceptors (Lipinski definition) is 8. The molecule has 0 amide bonds. The van der Waals surface area contributed by atoms with E-state index in [0.717, 1.165) is 0 Å². The van der Waals surface area contributed by atoms with Crippen molar-refractivity contribution in [3.63, 3.8) is 0 Å². The van der Waals surface area contributed by atoms with Crippen LogP contribution in [0.15, 0.2) is 0 Å². The summed E-state index contributed by atoms with van der Waals surface area (Å²) in [5.74, 6) is -1.85. The fourth-order valence-electron chi connectivity index (χ4n) is 0.554.